The van der Waals surface area contributed by atoms with E-state index in [2.05, 4.69) is 10.3 Å². The Morgan fingerprint density at radius 3 is 2.60 bits per heavy atom. The summed E-state index contributed by atoms with van der Waals surface area (Å²) in [6, 6.07) is 5.90. The summed E-state index contributed by atoms with van der Waals surface area (Å²) in [5.74, 6) is -1.10. The Morgan fingerprint density at radius 1 is 1.30 bits per heavy atom. The minimum Gasteiger partial charge on any atom is -0.507 e. The lowest BCUT2D eigenvalue weighted by atomic mass is 10.2. The molecule has 0 saturated heterocycles. The van der Waals surface area contributed by atoms with Crippen LogP contribution in [0.1, 0.15) is 16.1 Å². The van der Waals surface area contributed by atoms with Gasteiger partial charge in [0, 0.05) is 17.1 Å². The molecule has 7 heteroatoms. The summed E-state index contributed by atoms with van der Waals surface area (Å²) in [5.41, 5.74) is 1.07. The number of hydrogen-bond acceptors (Lipinski definition) is 4. The van der Waals surface area contributed by atoms with Gasteiger partial charge in [-0.15, -0.1) is 0 Å². The van der Waals surface area contributed by atoms with Crippen LogP contribution in [0.3, 0.4) is 0 Å². The van der Waals surface area contributed by atoms with Crippen molar-refractivity contribution >= 4 is 34.9 Å². The molecule has 0 fully saturated rings. The quantitative estimate of drug-likeness (QED) is 0.806. The van der Waals surface area contributed by atoms with Crippen LogP contribution in [0.15, 0.2) is 30.5 Å². The number of benzene rings is 1. The zero-order valence-corrected chi connectivity index (χ0v) is 11.6. The molecule has 1 aromatic carbocycles. The standard InChI is InChI=1S/C13H10Cl2N2O3/c14-7-3-10(15)9(12(18)4-7)6-16-8-1-2-11(13(19)20)17-5-8/h1-5,16,18H,6H2,(H,19,20). The van der Waals surface area contributed by atoms with Crippen LogP contribution in [0.2, 0.25) is 10.0 Å². The number of nitrogens with zero attached hydrogens (tertiary/aromatic N) is 1. The van der Waals surface area contributed by atoms with E-state index >= 15 is 0 Å². The van der Waals surface area contributed by atoms with Crippen molar-refractivity contribution in [2.24, 2.45) is 0 Å². The number of aromatic nitrogens is 1. The molecule has 0 aliphatic heterocycles. The molecule has 2 aromatic rings. The largest absolute Gasteiger partial charge is 0.507 e. The van der Waals surface area contributed by atoms with E-state index in [1.54, 1.807) is 6.07 Å². The molecule has 0 saturated carbocycles. The molecule has 2 rings (SSSR count). The summed E-state index contributed by atoms with van der Waals surface area (Å²) in [5, 5.41) is 22.2. The lowest BCUT2D eigenvalue weighted by Crippen LogP contribution is -2.03. The Balaban J connectivity index is 2.11. The maximum atomic E-state index is 10.7. The van der Waals surface area contributed by atoms with Crippen LogP contribution in [0.25, 0.3) is 0 Å². The van der Waals surface area contributed by atoms with E-state index in [0.29, 0.717) is 21.3 Å². The molecule has 5 nitrogen and oxygen atoms in total. The number of anilines is 1. The highest BCUT2D eigenvalue weighted by Crippen LogP contribution is 2.30. The second-order valence-corrected chi connectivity index (χ2v) is 4.82. The molecule has 0 radical (unpaired) electrons. The molecule has 0 spiro atoms. The maximum absolute atomic E-state index is 10.7. The van der Waals surface area contributed by atoms with Crippen molar-refractivity contribution in [3.63, 3.8) is 0 Å². The van der Waals surface area contributed by atoms with Crippen molar-refractivity contribution in [2.45, 2.75) is 6.54 Å². The molecule has 1 heterocycles. The fourth-order valence-corrected chi connectivity index (χ4v) is 2.13. The van der Waals surface area contributed by atoms with Crippen LogP contribution >= 0.6 is 23.2 Å². The monoisotopic (exact) mass is 312 g/mol. The third-order valence-electron chi connectivity index (χ3n) is 2.59. The first-order valence-electron chi connectivity index (χ1n) is 5.57. The average molecular weight is 313 g/mol. The van der Waals surface area contributed by atoms with Gasteiger partial charge in [0.1, 0.15) is 11.4 Å². The number of hydrogen-bond donors (Lipinski definition) is 3. The van der Waals surface area contributed by atoms with E-state index < -0.39 is 5.97 Å². The molecule has 1 aromatic heterocycles. The van der Waals surface area contributed by atoms with Gasteiger partial charge in [0.2, 0.25) is 0 Å². The number of carboxylic acids is 1. The first-order chi connectivity index (χ1) is 9.47. The van der Waals surface area contributed by atoms with Crippen LogP contribution in [0, 0.1) is 0 Å². The number of pyridine rings is 1. The summed E-state index contributed by atoms with van der Waals surface area (Å²) in [6.45, 7) is 0.260. The van der Waals surface area contributed by atoms with Crippen LogP contribution in [-0.2, 0) is 6.54 Å². The number of aromatic hydroxyl groups is 1. The van der Waals surface area contributed by atoms with Crippen LogP contribution in [0.5, 0.6) is 5.75 Å². The molecular weight excluding hydrogens is 303 g/mol. The Kier molecular flexibility index (Phi) is 4.32. The minimum atomic E-state index is -1.09. The zero-order valence-electron chi connectivity index (χ0n) is 10.1. The van der Waals surface area contributed by atoms with Gasteiger partial charge in [-0.2, -0.15) is 0 Å². The predicted molar refractivity (Wildman–Crippen MR) is 76.6 cm³/mol. The molecule has 104 valence electrons. The lowest BCUT2D eigenvalue weighted by molar-refractivity contribution is 0.0690. The highest BCUT2D eigenvalue weighted by Gasteiger charge is 2.09. The van der Waals surface area contributed by atoms with E-state index in [-0.39, 0.29) is 18.0 Å². The minimum absolute atomic E-state index is 0.00915. The Bertz CT molecular complexity index is 622. The van der Waals surface area contributed by atoms with E-state index in [1.807, 2.05) is 0 Å². The fourth-order valence-electron chi connectivity index (χ4n) is 1.58. The second kappa shape index (κ2) is 5.98. The lowest BCUT2D eigenvalue weighted by Gasteiger charge is -2.10. The highest BCUT2D eigenvalue weighted by atomic mass is 35.5. The van der Waals surface area contributed by atoms with E-state index in [1.165, 1.54) is 24.4 Å². The van der Waals surface area contributed by atoms with Crippen molar-refractivity contribution in [3.8, 4) is 5.75 Å². The van der Waals surface area contributed by atoms with Crippen molar-refractivity contribution in [2.75, 3.05) is 5.32 Å². The summed E-state index contributed by atoms with van der Waals surface area (Å²) in [7, 11) is 0. The SMILES string of the molecule is O=C(O)c1ccc(NCc2c(O)cc(Cl)cc2Cl)cn1. The molecule has 0 aliphatic carbocycles. The van der Waals surface area contributed by atoms with Crippen molar-refractivity contribution < 1.29 is 15.0 Å². The number of rotatable bonds is 4. The topological polar surface area (TPSA) is 82.5 Å². The Hall–Kier alpha value is -1.98. The average Bonchev–Trinajstić information content (AvgIpc) is 2.38. The molecule has 0 atom stereocenters. The van der Waals surface area contributed by atoms with Crippen molar-refractivity contribution in [3.05, 3.63) is 51.8 Å². The van der Waals surface area contributed by atoms with Crippen LogP contribution in [0.4, 0.5) is 5.69 Å². The normalized spacial score (nSPS) is 10.3. The Labute approximate surface area is 124 Å². The first kappa shape index (κ1) is 14.4. The predicted octanol–water partition coefficient (Wildman–Crippen LogP) is 3.40. The van der Waals surface area contributed by atoms with Gasteiger partial charge in [-0.05, 0) is 24.3 Å². The summed E-state index contributed by atoms with van der Waals surface area (Å²) >= 11 is 11.7. The number of aromatic carboxylic acids is 1. The summed E-state index contributed by atoms with van der Waals surface area (Å²) in [4.78, 5) is 14.4. The third-order valence-corrected chi connectivity index (χ3v) is 3.14. The van der Waals surface area contributed by atoms with E-state index in [4.69, 9.17) is 28.3 Å². The highest BCUT2D eigenvalue weighted by molar-refractivity contribution is 6.35. The van der Waals surface area contributed by atoms with Gasteiger partial charge in [-0.25, -0.2) is 9.78 Å². The van der Waals surface area contributed by atoms with Gasteiger partial charge in [-0.1, -0.05) is 23.2 Å². The number of phenols is 1. The molecule has 0 aliphatic rings. The zero-order chi connectivity index (χ0) is 14.7. The first-order valence-corrected chi connectivity index (χ1v) is 6.33. The van der Waals surface area contributed by atoms with Crippen LogP contribution < -0.4 is 5.32 Å². The summed E-state index contributed by atoms with van der Waals surface area (Å²) < 4.78 is 0. The molecule has 0 bridgehead atoms. The summed E-state index contributed by atoms with van der Waals surface area (Å²) in [6.07, 6.45) is 1.39. The molecule has 0 amide bonds. The van der Waals surface area contributed by atoms with Gasteiger partial charge in [-0.3, -0.25) is 0 Å². The Morgan fingerprint density at radius 2 is 2.05 bits per heavy atom. The van der Waals surface area contributed by atoms with Gasteiger partial charge in [0.05, 0.1) is 16.9 Å². The van der Waals surface area contributed by atoms with Crippen molar-refractivity contribution in [1.29, 1.82) is 0 Å². The van der Waals surface area contributed by atoms with Gasteiger partial charge in [0.15, 0.2) is 0 Å². The molecule has 0 unspecified atom stereocenters. The number of phenolic OH excluding ortho intramolecular Hbond substituents is 1. The van der Waals surface area contributed by atoms with Gasteiger partial charge in [0.25, 0.3) is 0 Å². The fraction of sp³-hybridized carbons (Fsp3) is 0.0769. The van der Waals surface area contributed by atoms with Gasteiger partial charge >= 0.3 is 5.97 Å². The number of nitrogens with one attached hydrogen (secondary N) is 1. The smallest absolute Gasteiger partial charge is 0.354 e. The molecule has 3 N–H and O–H groups in total. The second-order valence-electron chi connectivity index (χ2n) is 3.98. The van der Waals surface area contributed by atoms with Crippen molar-refractivity contribution in [1.82, 2.24) is 4.98 Å². The van der Waals surface area contributed by atoms with E-state index in [9.17, 15) is 9.90 Å². The number of carbonyl (C=O) groups is 1. The van der Waals surface area contributed by atoms with E-state index in [0.717, 1.165) is 0 Å². The number of carboxylic acid groups (broad SMARTS) is 1. The third kappa shape index (κ3) is 3.31. The van der Waals surface area contributed by atoms with Gasteiger partial charge < -0.3 is 15.5 Å². The maximum Gasteiger partial charge on any atom is 0.354 e. The molecule has 20 heavy (non-hydrogen) atoms. The molecular formula is C13H10Cl2N2O3. The van der Waals surface area contributed by atoms with Crippen LogP contribution in [-0.4, -0.2) is 21.2 Å². The number of halogens is 2.